The molecule has 6 heteroatoms. The molecule has 92 valence electrons. The number of hydrogen-bond acceptors (Lipinski definition) is 4. The number of nitrogens with two attached hydrogens (primary N) is 1. The minimum Gasteiger partial charge on any atom is -0.379 e. The third-order valence-corrected chi connectivity index (χ3v) is 2.69. The summed E-state index contributed by atoms with van der Waals surface area (Å²) in [7, 11) is 1.81. The van der Waals surface area contributed by atoms with Crippen molar-refractivity contribution in [3.05, 3.63) is 0 Å². The van der Waals surface area contributed by atoms with E-state index in [0.29, 0.717) is 32.6 Å². The summed E-state index contributed by atoms with van der Waals surface area (Å²) in [5, 5.41) is 5.82. The maximum Gasteiger partial charge on any atom is 0.227 e. The Morgan fingerprint density at radius 3 is 2.81 bits per heavy atom. The van der Waals surface area contributed by atoms with Gasteiger partial charge < -0.3 is 21.1 Å². The maximum atomic E-state index is 11.7. The fraction of sp³-hybridized carbons (Fsp3) is 0.800. The second kappa shape index (κ2) is 6.44. The number of carbonyl (C=O) groups excluding carboxylic acids is 2. The quantitative estimate of drug-likeness (QED) is 0.488. The van der Waals surface area contributed by atoms with Crippen LogP contribution >= 0.6 is 0 Å². The lowest BCUT2D eigenvalue weighted by atomic mass is 10.0. The molecule has 0 aromatic heterocycles. The van der Waals surface area contributed by atoms with Crippen LogP contribution in [-0.4, -0.2) is 44.7 Å². The maximum absolute atomic E-state index is 11.7. The highest BCUT2D eigenvalue weighted by atomic mass is 16.5. The Morgan fingerprint density at radius 1 is 1.44 bits per heavy atom. The fourth-order valence-corrected chi connectivity index (χ4v) is 1.70. The summed E-state index contributed by atoms with van der Waals surface area (Å²) in [5.74, 6) is -0.508. The Hall–Kier alpha value is -1.14. The highest BCUT2D eigenvalue weighted by Gasteiger charge is 2.32. The van der Waals surface area contributed by atoms with E-state index >= 15 is 0 Å². The molecule has 6 nitrogen and oxygen atoms in total. The largest absolute Gasteiger partial charge is 0.379 e. The van der Waals surface area contributed by atoms with Crippen molar-refractivity contribution in [3.63, 3.8) is 0 Å². The second-order valence-electron chi connectivity index (χ2n) is 3.90. The van der Waals surface area contributed by atoms with Crippen LogP contribution in [0.5, 0.6) is 0 Å². The summed E-state index contributed by atoms with van der Waals surface area (Å²) in [6.45, 7) is 1.50. The number of rotatable bonds is 6. The second-order valence-corrected chi connectivity index (χ2v) is 3.90. The molecule has 4 N–H and O–H groups in total. The summed E-state index contributed by atoms with van der Waals surface area (Å²) in [5.41, 5.74) is 4.99. The molecule has 2 atom stereocenters. The van der Waals surface area contributed by atoms with Crippen molar-refractivity contribution in [2.24, 2.45) is 11.7 Å². The van der Waals surface area contributed by atoms with E-state index in [-0.39, 0.29) is 23.8 Å². The van der Waals surface area contributed by atoms with Gasteiger partial charge in [-0.2, -0.15) is 0 Å². The first-order valence-corrected chi connectivity index (χ1v) is 5.46. The Kier molecular flexibility index (Phi) is 5.21. The molecule has 1 aliphatic rings. The van der Waals surface area contributed by atoms with E-state index < -0.39 is 0 Å². The van der Waals surface area contributed by atoms with Gasteiger partial charge in [0.05, 0.1) is 19.1 Å². The van der Waals surface area contributed by atoms with Crippen LogP contribution in [-0.2, 0) is 14.3 Å². The van der Waals surface area contributed by atoms with Crippen LogP contribution < -0.4 is 16.4 Å². The van der Waals surface area contributed by atoms with Crippen LogP contribution in [0.25, 0.3) is 0 Å². The van der Waals surface area contributed by atoms with Crippen molar-refractivity contribution in [1.82, 2.24) is 10.6 Å². The summed E-state index contributed by atoms with van der Waals surface area (Å²) in [6, 6.07) is 0.0798. The van der Waals surface area contributed by atoms with Crippen LogP contribution in [0, 0.1) is 5.92 Å². The van der Waals surface area contributed by atoms with E-state index in [1.807, 2.05) is 7.05 Å². The van der Waals surface area contributed by atoms with E-state index in [9.17, 15) is 9.59 Å². The van der Waals surface area contributed by atoms with Crippen LogP contribution in [0.1, 0.15) is 12.8 Å². The van der Waals surface area contributed by atoms with Crippen molar-refractivity contribution < 1.29 is 14.3 Å². The van der Waals surface area contributed by atoms with Gasteiger partial charge in [0.2, 0.25) is 11.8 Å². The number of primary amides is 1. The molecule has 0 aliphatic carbocycles. The number of amides is 2. The molecule has 0 saturated carbocycles. The number of carbonyl (C=O) groups is 2. The Labute approximate surface area is 94.9 Å². The highest BCUT2D eigenvalue weighted by Crippen LogP contribution is 2.13. The number of nitrogens with one attached hydrogen (secondary N) is 2. The van der Waals surface area contributed by atoms with Gasteiger partial charge >= 0.3 is 0 Å². The molecule has 0 spiro atoms. The fourth-order valence-electron chi connectivity index (χ4n) is 1.70. The first-order valence-electron chi connectivity index (χ1n) is 5.46. The smallest absolute Gasteiger partial charge is 0.227 e. The number of hydrogen-bond donors (Lipinski definition) is 3. The van der Waals surface area contributed by atoms with E-state index in [1.165, 1.54) is 0 Å². The molecule has 0 radical (unpaired) electrons. The first-order chi connectivity index (χ1) is 7.65. The topological polar surface area (TPSA) is 93.4 Å². The molecule has 0 aromatic rings. The van der Waals surface area contributed by atoms with Gasteiger partial charge in [-0.1, -0.05) is 0 Å². The van der Waals surface area contributed by atoms with Crippen LogP contribution in [0.2, 0.25) is 0 Å². The highest BCUT2D eigenvalue weighted by molar-refractivity contribution is 5.80. The monoisotopic (exact) mass is 229 g/mol. The number of ether oxygens (including phenoxy) is 1. The summed E-state index contributed by atoms with van der Waals surface area (Å²) >= 11 is 0. The lowest BCUT2D eigenvalue weighted by Crippen LogP contribution is -2.42. The van der Waals surface area contributed by atoms with Crippen LogP contribution in [0.3, 0.4) is 0 Å². The van der Waals surface area contributed by atoms with Gasteiger partial charge in [-0.3, -0.25) is 9.59 Å². The minimum atomic E-state index is -0.341. The zero-order chi connectivity index (χ0) is 12.0. The predicted molar refractivity (Wildman–Crippen MR) is 58.6 cm³/mol. The normalized spacial score (nSPS) is 24.3. The lowest BCUT2D eigenvalue weighted by molar-refractivity contribution is -0.125. The van der Waals surface area contributed by atoms with E-state index in [0.717, 1.165) is 0 Å². The third-order valence-electron chi connectivity index (χ3n) is 2.69. The average molecular weight is 229 g/mol. The minimum absolute atomic E-state index is 0.0266. The van der Waals surface area contributed by atoms with Crippen molar-refractivity contribution in [2.45, 2.75) is 18.9 Å². The molecule has 1 rings (SSSR count). The third kappa shape index (κ3) is 3.79. The summed E-state index contributed by atoms with van der Waals surface area (Å²) in [4.78, 5) is 22.2. The predicted octanol–water partition coefficient (Wildman–Crippen LogP) is -1.40. The molecule has 1 heterocycles. The van der Waals surface area contributed by atoms with Crippen molar-refractivity contribution in [1.29, 1.82) is 0 Å². The van der Waals surface area contributed by atoms with Crippen molar-refractivity contribution >= 4 is 11.8 Å². The molecule has 2 amide bonds. The van der Waals surface area contributed by atoms with Crippen LogP contribution in [0.4, 0.5) is 0 Å². The van der Waals surface area contributed by atoms with Gasteiger partial charge in [0, 0.05) is 19.0 Å². The zero-order valence-electron chi connectivity index (χ0n) is 9.49. The van der Waals surface area contributed by atoms with E-state index in [2.05, 4.69) is 10.6 Å². The molecule has 16 heavy (non-hydrogen) atoms. The van der Waals surface area contributed by atoms with Crippen molar-refractivity contribution in [2.75, 3.05) is 26.8 Å². The lowest BCUT2D eigenvalue weighted by Gasteiger charge is -2.16. The molecule has 0 bridgehead atoms. The Bertz CT molecular complexity index is 258. The molecular weight excluding hydrogens is 210 g/mol. The number of likely N-dealkylation sites (N-methyl/N-ethyl adjacent to an activating group) is 1. The van der Waals surface area contributed by atoms with E-state index in [1.54, 1.807) is 0 Å². The van der Waals surface area contributed by atoms with Gasteiger partial charge in [-0.05, 0) is 13.5 Å². The first kappa shape index (κ1) is 12.9. The van der Waals surface area contributed by atoms with Gasteiger partial charge in [-0.15, -0.1) is 0 Å². The average Bonchev–Trinajstić information content (AvgIpc) is 2.71. The Balaban J connectivity index is 2.21. The van der Waals surface area contributed by atoms with Gasteiger partial charge in [0.1, 0.15) is 0 Å². The molecule has 0 aromatic carbocycles. The van der Waals surface area contributed by atoms with Gasteiger partial charge in [0.25, 0.3) is 0 Å². The van der Waals surface area contributed by atoms with E-state index in [4.69, 9.17) is 10.5 Å². The molecule has 1 saturated heterocycles. The molecular formula is C10H19N3O3. The molecule has 1 fully saturated rings. The van der Waals surface area contributed by atoms with Crippen molar-refractivity contribution in [3.8, 4) is 0 Å². The summed E-state index contributed by atoms with van der Waals surface area (Å²) in [6.07, 6.45) is 0.885. The van der Waals surface area contributed by atoms with Gasteiger partial charge in [-0.25, -0.2) is 0 Å². The Morgan fingerprint density at radius 2 is 2.19 bits per heavy atom. The molecule has 2 unspecified atom stereocenters. The zero-order valence-corrected chi connectivity index (χ0v) is 9.49. The van der Waals surface area contributed by atoms with Crippen LogP contribution in [0.15, 0.2) is 0 Å². The SMILES string of the molecule is CNC1COCC1C(=O)NCCCC(N)=O. The molecule has 1 aliphatic heterocycles. The standard InChI is InChI=1S/C10H19N3O3/c1-12-8-6-16-5-7(8)10(15)13-4-2-3-9(11)14/h7-8,12H,2-6H2,1H3,(H2,11,14)(H,13,15). The summed E-state index contributed by atoms with van der Waals surface area (Å²) < 4.78 is 5.23. The van der Waals surface area contributed by atoms with Gasteiger partial charge in [0.15, 0.2) is 0 Å².